The van der Waals surface area contributed by atoms with E-state index in [0.29, 0.717) is 35.3 Å². The van der Waals surface area contributed by atoms with E-state index >= 15 is 0 Å². The van der Waals surface area contributed by atoms with Crippen molar-refractivity contribution in [3.8, 4) is 11.5 Å². The van der Waals surface area contributed by atoms with Crippen molar-refractivity contribution in [1.29, 1.82) is 0 Å². The number of amides is 1. The summed E-state index contributed by atoms with van der Waals surface area (Å²) in [6, 6.07) is 4.97. The van der Waals surface area contributed by atoms with Crippen molar-refractivity contribution in [1.82, 2.24) is 20.3 Å². The Kier molecular flexibility index (Phi) is 7.16. The molecule has 0 radical (unpaired) electrons. The quantitative estimate of drug-likeness (QED) is 0.649. The smallest absolute Gasteiger partial charge is 0.325 e. The molecule has 146 valence electrons. The lowest BCUT2D eigenvalue weighted by Crippen LogP contribution is -2.23. The number of methoxy groups -OCH3 is 1. The lowest BCUT2D eigenvalue weighted by Gasteiger charge is -2.13. The standard InChI is InChI=1S/C18H24N4O5/c1-12(2)6-7-27-15-5-4-13(8-16(15)26-3)18(25)19-9-14-10-22(21-20-14)11-17(23)24/h4-5,8,10,12H,6-7,9,11H2,1-3H3,(H,19,25)(H,23,24). The highest BCUT2D eigenvalue weighted by Gasteiger charge is 2.12. The molecule has 0 aliphatic carbocycles. The van der Waals surface area contributed by atoms with E-state index in [9.17, 15) is 9.59 Å². The SMILES string of the molecule is COc1cc(C(=O)NCc2cn(CC(=O)O)nn2)ccc1OCCC(C)C. The summed E-state index contributed by atoms with van der Waals surface area (Å²) in [6.07, 6.45) is 2.40. The van der Waals surface area contributed by atoms with E-state index in [1.807, 2.05) is 0 Å². The van der Waals surface area contributed by atoms with Gasteiger partial charge in [-0.2, -0.15) is 0 Å². The molecule has 0 bridgehead atoms. The van der Waals surface area contributed by atoms with E-state index in [2.05, 4.69) is 29.5 Å². The molecule has 2 aromatic rings. The van der Waals surface area contributed by atoms with Crippen molar-refractivity contribution < 1.29 is 24.2 Å². The van der Waals surface area contributed by atoms with Gasteiger partial charge in [0.05, 0.1) is 26.5 Å². The Morgan fingerprint density at radius 1 is 1.30 bits per heavy atom. The van der Waals surface area contributed by atoms with Crippen LogP contribution in [0.2, 0.25) is 0 Å². The number of aromatic nitrogens is 3. The van der Waals surface area contributed by atoms with E-state index in [1.54, 1.807) is 18.2 Å². The van der Waals surface area contributed by atoms with Gasteiger partial charge in [0.25, 0.3) is 5.91 Å². The van der Waals surface area contributed by atoms with Gasteiger partial charge >= 0.3 is 5.97 Å². The molecule has 1 aromatic heterocycles. The molecule has 1 heterocycles. The summed E-state index contributed by atoms with van der Waals surface area (Å²) in [4.78, 5) is 23.0. The Labute approximate surface area is 157 Å². The normalized spacial score (nSPS) is 10.7. The summed E-state index contributed by atoms with van der Waals surface area (Å²) in [5.74, 6) is 0.285. The van der Waals surface area contributed by atoms with Gasteiger partial charge in [0.15, 0.2) is 11.5 Å². The fraction of sp³-hybridized carbons (Fsp3) is 0.444. The highest BCUT2D eigenvalue weighted by atomic mass is 16.5. The Hall–Kier alpha value is -3.10. The monoisotopic (exact) mass is 376 g/mol. The van der Waals surface area contributed by atoms with Crippen LogP contribution in [0.15, 0.2) is 24.4 Å². The van der Waals surface area contributed by atoms with Crippen LogP contribution < -0.4 is 14.8 Å². The number of carboxylic acid groups (broad SMARTS) is 1. The molecule has 0 fully saturated rings. The second-order valence-corrected chi connectivity index (χ2v) is 6.38. The van der Waals surface area contributed by atoms with Gasteiger partial charge in [-0.25, -0.2) is 4.68 Å². The number of aliphatic carboxylic acids is 1. The van der Waals surface area contributed by atoms with E-state index in [-0.39, 0.29) is 19.0 Å². The largest absolute Gasteiger partial charge is 0.493 e. The highest BCUT2D eigenvalue weighted by Crippen LogP contribution is 2.28. The number of benzene rings is 1. The van der Waals surface area contributed by atoms with Gasteiger partial charge in [0, 0.05) is 5.56 Å². The summed E-state index contributed by atoms with van der Waals surface area (Å²) < 4.78 is 12.2. The molecule has 0 aliphatic rings. The fourth-order valence-corrected chi connectivity index (χ4v) is 2.24. The van der Waals surface area contributed by atoms with Crippen molar-refractivity contribution in [3.05, 3.63) is 35.7 Å². The van der Waals surface area contributed by atoms with Crippen LogP contribution in [0.3, 0.4) is 0 Å². The summed E-state index contributed by atoms with van der Waals surface area (Å²) in [5.41, 5.74) is 0.881. The molecule has 0 atom stereocenters. The van der Waals surface area contributed by atoms with E-state index < -0.39 is 5.97 Å². The zero-order valence-electron chi connectivity index (χ0n) is 15.6. The van der Waals surface area contributed by atoms with E-state index in [4.69, 9.17) is 14.6 Å². The Bertz CT molecular complexity index is 788. The number of hydrogen-bond acceptors (Lipinski definition) is 6. The number of carbonyl (C=O) groups is 2. The van der Waals surface area contributed by atoms with E-state index in [1.165, 1.54) is 18.0 Å². The molecule has 0 aliphatic heterocycles. The average Bonchev–Trinajstić information content (AvgIpc) is 3.06. The van der Waals surface area contributed by atoms with Crippen LogP contribution in [-0.4, -0.2) is 45.7 Å². The van der Waals surface area contributed by atoms with Crippen LogP contribution in [0.25, 0.3) is 0 Å². The first-order chi connectivity index (χ1) is 12.9. The van der Waals surface area contributed by atoms with Gasteiger partial charge in [-0.1, -0.05) is 19.1 Å². The van der Waals surface area contributed by atoms with Crippen LogP contribution in [-0.2, 0) is 17.9 Å². The van der Waals surface area contributed by atoms with Gasteiger partial charge in [0.1, 0.15) is 12.2 Å². The van der Waals surface area contributed by atoms with Gasteiger partial charge in [-0.05, 0) is 30.5 Å². The second kappa shape index (κ2) is 9.56. The van der Waals surface area contributed by atoms with E-state index in [0.717, 1.165) is 6.42 Å². The molecule has 0 spiro atoms. The molecule has 0 unspecified atom stereocenters. The molecule has 27 heavy (non-hydrogen) atoms. The maximum atomic E-state index is 12.3. The average molecular weight is 376 g/mol. The zero-order valence-corrected chi connectivity index (χ0v) is 15.6. The van der Waals surface area contributed by atoms with Crippen LogP contribution >= 0.6 is 0 Å². The molecule has 1 amide bonds. The first-order valence-corrected chi connectivity index (χ1v) is 8.59. The minimum atomic E-state index is -1.02. The fourth-order valence-electron chi connectivity index (χ4n) is 2.24. The topological polar surface area (TPSA) is 116 Å². The molecule has 9 heteroatoms. The molecular formula is C18H24N4O5. The van der Waals surface area contributed by atoms with Crippen LogP contribution in [0.5, 0.6) is 11.5 Å². The summed E-state index contributed by atoms with van der Waals surface area (Å²) in [7, 11) is 1.52. The molecule has 2 N–H and O–H groups in total. The minimum Gasteiger partial charge on any atom is -0.493 e. The lowest BCUT2D eigenvalue weighted by atomic mass is 10.1. The third-order valence-corrected chi connectivity index (χ3v) is 3.69. The summed E-state index contributed by atoms with van der Waals surface area (Å²) in [5, 5.41) is 18.9. The summed E-state index contributed by atoms with van der Waals surface area (Å²) in [6.45, 7) is 4.66. The first-order valence-electron chi connectivity index (χ1n) is 8.59. The van der Waals surface area contributed by atoms with Crippen LogP contribution in [0.4, 0.5) is 0 Å². The highest BCUT2D eigenvalue weighted by molar-refractivity contribution is 5.94. The predicted molar refractivity (Wildman–Crippen MR) is 96.8 cm³/mol. The Morgan fingerprint density at radius 2 is 2.07 bits per heavy atom. The predicted octanol–water partition coefficient (Wildman–Crippen LogP) is 1.73. The van der Waals surface area contributed by atoms with Crippen molar-refractivity contribution in [2.75, 3.05) is 13.7 Å². The van der Waals surface area contributed by atoms with Gasteiger partial charge in [-0.3, -0.25) is 9.59 Å². The molecule has 0 saturated carbocycles. The van der Waals surface area contributed by atoms with Crippen molar-refractivity contribution in [2.45, 2.75) is 33.4 Å². The Morgan fingerprint density at radius 3 is 2.74 bits per heavy atom. The number of rotatable bonds is 10. The molecular weight excluding hydrogens is 352 g/mol. The number of carboxylic acids is 1. The third-order valence-electron chi connectivity index (χ3n) is 3.69. The van der Waals surface area contributed by atoms with Crippen molar-refractivity contribution >= 4 is 11.9 Å². The second-order valence-electron chi connectivity index (χ2n) is 6.38. The van der Waals surface area contributed by atoms with Crippen molar-refractivity contribution in [2.24, 2.45) is 5.92 Å². The molecule has 1 aromatic carbocycles. The molecule has 0 saturated heterocycles. The lowest BCUT2D eigenvalue weighted by molar-refractivity contribution is -0.137. The maximum Gasteiger partial charge on any atom is 0.325 e. The number of nitrogens with zero attached hydrogens (tertiary/aromatic N) is 3. The van der Waals surface area contributed by atoms with Gasteiger partial charge in [0.2, 0.25) is 0 Å². The van der Waals surface area contributed by atoms with Crippen molar-refractivity contribution in [3.63, 3.8) is 0 Å². The number of ether oxygens (including phenoxy) is 2. The Balaban J connectivity index is 1.95. The van der Waals surface area contributed by atoms with Crippen LogP contribution in [0, 0.1) is 5.92 Å². The minimum absolute atomic E-state index is 0.132. The number of nitrogens with one attached hydrogen (secondary N) is 1. The number of hydrogen-bond donors (Lipinski definition) is 2. The first kappa shape index (κ1) is 20.2. The molecule has 2 rings (SSSR count). The third kappa shape index (κ3) is 6.28. The maximum absolute atomic E-state index is 12.3. The number of carbonyl (C=O) groups excluding carboxylic acids is 1. The van der Waals surface area contributed by atoms with Gasteiger partial charge in [-0.15, -0.1) is 5.10 Å². The molecule has 9 nitrogen and oxygen atoms in total. The zero-order chi connectivity index (χ0) is 19.8. The van der Waals surface area contributed by atoms with Gasteiger partial charge < -0.3 is 19.9 Å². The van der Waals surface area contributed by atoms with Crippen LogP contribution in [0.1, 0.15) is 36.3 Å². The summed E-state index contributed by atoms with van der Waals surface area (Å²) >= 11 is 0.